The van der Waals surface area contributed by atoms with Crippen molar-refractivity contribution in [1.82, 2.24) is 9.80 Å². The summed E-state index contributed by atoms with van der Waals surface area (Å²) in [6.07, 6.45) is 14.5. The molecule has 31 heavy (non-hydrogen) atoms. The summed E-state index contributed by atoms with van der Waals surface area (Å²) < 4.78 is 9.99. The fourth-order valence-electron chi connectivity index (χ4n) is 3.32. The van der Waals surface area contributed by atoms with Crippen LogP contribution in [-0.2, 0) is 23.9 Å². The first kappa shape index (κ1) is 29.4. The number of hydrogen-bond acceptors (Lipinski definition) is 6. The Balaban J connectivity index is 3.81. The van der Waals surface area contributed by atoms with Gasteiger partial charge in [0.1, 0.15) is 13.2 Å². The van der Waals surface area contributed by atoms with Crippen molar-refractivity contribution in [2.75, 3.05) is 46.9 Å². The fraction of sp³-hybridized carbons (Fsp3) is 0.875. The number of hydrogen-bond donors (Lipinski definition) is 0. The molecule has 7 heteroatoms. The maximum Gasteiger partial charge on any atom is 0.305 e. The van der Waals surface area contributed by atoms with E-state index in [-0.39, 0.29) is 25.1 Å². The Labute approximate surface area is 189 Å². The predicted octanol–water partition coefficient (Wildman–Crippen LogP) is 4.18. The summed E-state index contributed by atoms with van der Waals surface area (Å²) in [7, 11) is 3.81. The number of carbonyl (C=O) groups excluding carboxylic acids is 3. The van der Waals surface area contributed by atoms with E-state index in [1.165, 1.54) is 57.8 Å². The van der Waals surface area contributed by atoms with E-state index in [1.54, 1.807) is 4.90 Å². The number of unbranched alkanes of at least 4 members (excludes halogenated alkanes) is 10. The molecule has 0 saturated carbocycles. The molecule has 0 rings (SSSR count). The molecule has 0 aliphatic rings. The Bertz CT molecular complexity index is 457. The maximum atomic E-state index is 12.3. The molecule has 0 saturated heterocycles. The van der Waals surface area contributed by atoms with E-state index in [1.807, 2.05) is 19.0 Å². The molecule has 0 heterocycles. The predicted molar refractivity (Wildman–Crippen MR) is 124 cm³/mol. The summed E-state index contributed by atoms with van der Waals surface area (Å²) in [5.74, 6) is -0.245. The number of nitrogens with zero attached hydrogens (tertiary/aromatic N) is 2. The highest BCUT2D eigenvalue weighted by atomic mass is 16.5. The lowest BCUT2D eigenvalue weighted by molar-refractivity contribution is -0.146. The van der Waals surface area contributed by atoms with Crippen LogP contribution in [0.4, 0.5) is 0 Å². The van der Waals surface area contributed by atoms with Crippen molar-refractivity contribution < 1.29 is 23.9 Å². The third-order valence-corrected chi connectivity index (χ3v) is 5.28. The molecule has 0 fully saturated rings. The average molecular weight is 443 g/mol. The maximum absolute atomic E-state index is 12.3. The van der Waals surface area contributed by atoms with Gasteiger partial charge >= 0.3 is 5.97 Å². The van der Waals surface area contributed by atoms with Crippen LogP contribution >= 0.6 is 0 Å². The van der Waals surface area contributed by atoms with Crippen molar-refractivity contribution in [1.29, 1.82) is 0 Å². The molecule has 7 nitrogen and oxygen atoms in total. The van der Waals surface area contributed by atoms with E-state index in [0.717, 1.165) is 12.8 Å². The van der Waals surface area contributed by atoms with Crippen LogP contribution in [0.5, 0.6) is 0 Å². The number of amides is 1. The molecule has 0 aliphatic heterocycles. The molecule has 0 aliphatic carbocycles. The van der Waals surface area contributed by atoms with Crippen molar-refractivity contribution in [2.45, 2.75) is 90.4 Å². The van der Waals surface area contributed by atoms with E-state index >= 15 is 0 Å². The highest BCUT2D eigenvalue weighted by molar-refractivity contribution is 5.76. The zero-order valence-corrected chi connectivity index (χ0v) is 20.2. The molecular weight excluding hydrogens is 396 g/mol. The van der Waals surface area contributed by atoms with E-state index < -0.39 is 0 Å². The van der Waals surface area contributed by atoms with Crippen LogP contribution in [0.3, 0.4) is 0 Å². The normalized spacial score (nSPS) is 10.8. The van der Waals surface area contributed by atoms with Gasteiger partial charge in [-0.05, 0) is 20.5 Å². The number of rotatable bonds is 22. The van der Waals surface area contributed by atoms with Gasteiger partial charge in [-0.2, -0.15) is 0 Å². The van der Waals surface area contributed by atoms with E-state index in [9.17, 15) is 14.4 Å². The second-order valence-electron chi connectivity index (χ2n) is 8.41. The first-order valence-corrected chi connectivity index (χ1v) is 12.1. The van der Waals surface area contributed by atoms with E-state index in [2.05, 4.69) is 6.92 Å². The van der Waals surface area contributed by atoms with Crippen molar-refractivity contribution in [3.8, 4) is 0 Å². The molecule has 0 aromatic carbocycles. The summed E-state index contributed by atoms with van der Waals surface area (Å²) in [5.41, 5.74) is 0. The van der Waals surface area contributed by atoms with E-state index in [0.29, 0.717) is 38.9 Å². The summed E-state index contributed by atoms with van der Waals surface area (Å²) >= 11 is 0. The first-order valence-electron chi connectivity index (χ1n) is 12.1. The van der Waals surface area contributed by atoms with Gasteiger partial charge in [0, 0.05) is 19.4 Å². The number of carbonyl (C=O) groups is 3. The van der Waals surface area contributed by atoms with Crippen molar-refractivity contribution in [2.24, 2.45) is 0 Å². The lowest BCUT2D eigenvalue weighted by Gasteiger charge is -2.23. The molecule has 0 bridgehead atoms. The topological polar surface area (TPSA) is 76.1 Å². The molecule has 0 unspecified atom stereocenters. The minimum absolute atomic E-state index is 0.0374. The van der Waals surface area contributed by atoms with E-state index in [4.69, 9.17) is 9.47 Å². The van der Waals surface area contributed by atoms with Crippen LogP contribution in [0.2, 0.25) is 0 Å². The van der Waals surface area contributed by atoms with Crippen LogP contribution < -0.4 is 0 Å². The lowest BCUT2D eigenvalue weighted by atomic mass is 10.1. The summed E-state index contributed by atoms with van der Waals surface area (Å²) in [6.45, 7) is 4.19. The largest absolute Gasteiger partial charge is 0.466 e. The standard InChI is InChI=1S/C24H46N2O5/c1-4-5-6-7-8-9-10-11-12-13-14-15-24(29)31-21-19-26(18-20-30-22-27)23(28)16-17-25(2)3/h22H,4-21H2,1-3H3. The molecule has 0 aromatic rings. The van der Waals surface area contributed by atoms with Gasteiger partial charge in [-0.3, -0.25) is 14.4 Å². The molecule has 0 spiro atoms. The zero-order chi connectivity index (χ0) is 23.2. The molecule has 0 N–H and O–H groups in total. The van der Waals surface area contributed by atoms with Gasteiger partial charge < -0.3 is 19.3 Å². The van der Waals surface area contributed by atoms with Crippen molar-refractivity contribution in [3.63, 3.8) is 0 Å². The van der Waals surface area contributed by atoms with Gasteiger partial charge in [0.15, 0.2) is 0 Å². The van der Waals surface area contributed by atoms with Crippen LogP contribution in [0.1, 0.15) is 90.4 Å². The minimum atomic E-state index is -0.208. The Morgan fingerprint density at radius 1 is 0.742 bits per heavy atom. The molecule has 0 atom stereocenters. The third-order valence-electron chi connectivity index (χ3n) is 5.28. The van der Waals surface area contributed by atoms with Gasteiger partial charge in [0.05, 0.1) is 13.1 Å². The van der Waals surface area contributed by atoms with Gasteiger partial charge in [0.25, 0.3) is 6.47 Å². The van der Waals surface area contributed by atoms with Gasteiger partial charge in [-0.25, -0.2) is 0 Å². The number of esters is 1. The van der Waals surface area contributed by atoms with Gasteiger partial charge in [-0.15, -0.1) is 0 Å². The SMILES string of the molecule is CCCCCCCCCCCCCC(=O)OCCN(CCOC=O)C(=O)CCN(C)C. The second-order valence-corrected chi connectivity index (χ2v) is 8.41. The molecule has 0 radical (unpaired) electrons. The van der Waals surface area contributed by atoms with Crippen LogP contribution in [0.15, 0.2) is 0 Å². The van der Waals surface area contributed by atoms with Crippen molar-refractivity contribution in [3.05, 3.63) is 0 Å². The van der Waals surface area contributed by atoms with Crippen LogP contribution in [-0.4, -0.2) is 75.1 Å². The molecule has 0 aromatic heterocycles. The zero-order valence-electron chi connectivity index (χ0n) is 20.2. The smallest absolute Gasteiger partial charge is 0.305 e. The Hall–Kier alpha value is -1.63. The quantitative estimate of drug-likeness (QED) is 0.142. The molecular formula is C24H46N2O5. The highest BCUT2D eigenvalue weighted by Gasteiger charge is 2.14. The third kappa shape index (κ3) is 20.0. The Morgan fingerprint density at radius 3 is 1.84 bits per heavy atom. The Morgan fingerprint density at radius 2 is 1.29 bits per heavy atom. The van der Waals surface area contributed by atoms with Crippen LogP contribution in [0, 0.1) is 0 Å². The second kappa shape index (κ2) is 21.6. The first-order chi connectivity index (χ1) is 15.0. The van der Waals surface area contributed by atoms with Gasteiger partial charge in [0.2, 0.25) is 5.91 Å². The molecule has 1 amide bonds. The summed E-state index contributed by atoms with van der Waals surface area (Å²) in [4.78, 5) is 38.1. The highest BCUT2D eigenvalue weighted by Crippen LogP contribution is 2.12. The fourth-order valence-corrected chi connectivity index (χ4v) is 3.32. The lowest BCUT2D eigenvalue weighted by Crippen LogP contribution is -2.38. The molecule has 182 valence electrons. The van der Waals surface area contributed by atoms with Crippen LogP contribution in [0.25, 0.3) is 0 Å². The Kier molecular flexibility index (Phi) is 20.5. The minimum Gasteiger partial charge on any atom is -0.466 e. The monoisotopic (exact) mass is 442 g/mol. The summed E-state index contributed by atoms with van der Waals surface area (Å²) in [6, 6.07) is 0. The average Bonchev–Trinajstić information content (AvgIpc) is 2.74. The number of ether oxygens (including phenoxy) is 2. The summed E-state index contributed by atoms with van der Waals surface area (Å²) in [5, 5.41) is 0. The van der Waals surface area contributed by atoms with Crippen molar-refractivity contribution >= 4 is 18.3 Å². The van der Waals surface area contributed by atoms with Gasteiger partial charge in [-0.1, -0.05) is 71.1 Å².